The number of hydrogen-bond donors (Lipinski definition) is 2. The second-order valence-electron chi connectivity index (χ2n) is 8.55. The van der Waals surface area contributed by atoms with Crippen LogP contribution in [0.4, 0.5) is 5.82 Å². The number of phosphoric ester groups is 1. The molecular weight excluding hydrogens is 485 g/mol. The van der Waals surface area contributed by atoms with Crippen molar-refractivity contribution in [3.8, 4) is 0 Å². The minimum absolute atomic E-state index is 0.0916. The van der Waals surface area contributed by atoms with E-state index in [0.717, 1.165) is 11.1 Å². The third kappa shape index (κ3) is 4.64. The Morgan fingerprint density at radius 2 is 1.81 bits per heavy atom. The molecule has 2 saturated heterocycles. The number of phosphoric acid groups is 1. The second-order valence-corrected chi connectivity index (χ2v) is 9.95. The molecule has 0 bridgehead atoms. The van der Waals surface area contributed by atoms with E-state index in [0.29, 0.717) is 23.5 Å². The Labute approximate surface area is 206 Å². The molecule has 2 fully saturated rings. The average Bonchev–Trinajstić information content (AvgIpc) is 3.48. The van der Waals surface area contributed by atoms with Gasteiger partial charge >= 0.3 is 7.82 Å². The predicted molar refractivity (Wildman–Crippen MR) is 129 cm³/mol. The second kappa shape index (κ2) is 9.70. The summed E-state index contributed by atoms with van der Waals surface area (Å²) >= 11 is 0. The van der Waals surface area contributed by atoms with Gasteiger partial charge in [-0.05, 0) is 11.1 Å². The lowest BCUT2D eigenvalue weighted by Gasteiger charge is -2.29. The van der Waals surface area contributed by atoms with E-state index in [9.17, 15) is 9.46 Å². The molecule has 11 nitrogen and oxygen atoms in total. The van der Waals surface area contributed by atoms with Crippen molar-refractivity contribution in [3.63, 3.8) is 0 Å². The van der Waals surface area contributed by atoms with Crippen LogP contribution in [-0.4, -0.2) is 49.3 Å². The molecule has 2 N–H and O–H groups in total. The molecule has 0 aliphatic carbocycles. The molecule has 36 heavy (non-hydrogen) atoms. The molecule has 1 unspecified atom stereocenters. The highest BCUT2D eigenvalue weighted by Crippen LogP contribution is 2.53. The summed E-state index contributed by atoms with van der Waals surface area (Å²) in [6, 6.07) is 19.6. The number of anilines is 1. The minimum Gasteiger partial charge on any atom is -0.366 e. The van der Waals surface area contributed by atoms with E-state index in [-0.39, 0.29) is 13.2 Å². The van der Waals surface area contributed by atoms with Crippen LogP contribution in [-0.2, 0) is 36.2 Å². The SMILES string of the molecule is O=P1(O)OC[C@H]2O[C@@H](n3cnc4c(NCc5ccccc5)ncnc43)[C@H](OCc3ccccc3)[C@@H]2O1. The molecule has 2 aromatic carbocycles. The highest BCUT2D eigenvalue weighted by molar-refractivity contribution is 7.47. The number of hydrogen-bond acceptors (Lipinski definition) is 9. The van der Waals surface area contributed by atoms with Gasteiger partial charge < -0.3 is 19.7 Å². The molecule has 0 spiro atoms. The van der Waals surface area contributed by atoms with E-state index in [1.807, 2.05) is 60.7 Å². The Kier molecular flexibility index (Phi) is 6.26. The van der Waals surface area contributed by atoms with Crippen molar-refractivity contribution >= 4 is 24.8 Å². The standard InChI is InChI=1S/C24H24N5O6P/c30-36(31)33-13-18-20(35-36)21(32-12-17-9-5-2-6-10-17)24(34-18)29-15-28-19-22(26-14-27-23(19)29)25-11-16-7-3-1-4-8-16/h1-10,14-15,18,20-21,24H,11-13H2,(H,30,31)(H,25,26,27)/t18-,20-,21-,24-/m1/s1. The summed E-state index contributed by atoms with van der Waals surface area (Å²) in [5.41, 5.74) is 3.15. The number of nitrogens with zero attached hydrogens (tertiary/aromatic N) is 4. The zero-order valence-corrected chi connectivity index (χ0v) is 20.0. The lowest BCUT2D eigenvalue weighted by Crippen LogP contribution is -2.40. The van der Waals surface area contributed by atoms with Crippen molar-refractivity contribution in [2.75, 3.05) is 11.9 Å². The Hall–Kier alpha value is -3.18. The number of aromatic nitrogens is 4. The number of ether oxygens (including phenoxy) is 2. The Bertz CT molecular complexity index is 1390. The zero-order valence-electron chi connectivity index (χ0n) is 19.1. The minimum atomic E-state index is -4.21. The maximum Gasteiger partial charge on any atom is 0.472 e. The van der Waals surface area contributed by atoms with Crippen LogP contribution in [0.2, 0.25) is 0 Å². The van der Waals surface area contributed by atoms with Crippen LogP contribution in [0.15, 0.2) is 73.3 Å². The highest BCUT2D eigenvalue weighted by atomic mass is 31.2. The summed E-state index contributed by atoms with van der Waals surface area (Å²) in [5, 5.41) is 3.31. The van der Waals surface area contributed by atoms with Crippen LogP contribution in [0.25, 0.3) is 11.2 Å². The summed E-state index contributed by atoms with van der Waals surface area (Å²) in [5.74, 6) is 0.583. The smallest absolute Gasteiger partial charge is 0.366 e. The van der Waals surface area contributed by atoms with Gasteiger partial charge in [0.05, 0.1) is 19.5 Å². The van der Waals surface area contributed by atoms with Crippen molar-refractivity contribution in [3.05, 3.63) is 84.4 Å². The first-order chi connectivity index (χ1) is 17.6. The maximum absolute atomic E-state index is 12.2. The maximum atomic E-state index is 12.2. The van der Waals surface area contributed by atoms with Gasteiger partial charge in [-0.2, -0.15) is 0 Å². The fourth-order valence-corrected chi connectivity index (χ4v) is 5.40. The third-order valence-corrected chi connectivity index (χ3v) is 7.15. The van der Waals surface area contributed by atoms with Crippen LogP contribution in [0.3, 0.4) is 0 Å². The molecule has 0 amide bonds. The molecular formula is C24H24N5O6P. The van der Waals surface area contributed by atoms with Gasteiger partial charge in [-0.15, -0.1) is 0 Å². The fourth-order valence-electron chi connectivity index (χ4n) is 4.44. The summed E-state index contributed by atoms with van der Waals surface area (Å²) in [6.07, 6.45) is 0.225. The molecule has 0 saturated carbocycles. The third-order valence-electron chi connectivity index (χ3n) is 6.16. The molecule has 186 valence electrons. The topological polar surface area (TPSA) is 130 Å². The molecule has 4 aromatic rings. The molecule has 0 radical (unpaired) electrons. The van der Waals surface area contributed by atoms with Crippen molar-refractivity contribution in [1.29, 1.82) is 0 Å². The van der Waals surface area contributed by atoms with E-state index >= 15 is 0 Å². The Balaban J connectivity index is 1.30. The molecule has 2 aliphatic rings. The summed E-state index contributed by atoms with van der Waals surface area (Å²) in [7, 11) is -4.21. The quantitative estimate of drug-likeness (QED) is 0.357. The van der Waals surface area contributed by atoms with Crippen LogP contribution >= 0.6 is 7.82 Å². The van der Waals surface area contributed by atoms with Crippen molar-refractivity contribution in [1.82, 2.24) is 19.5 Å². The lowest BCUT2D eigenvalue weighted by atomic mass is 10.1. The van der Waals surface area contributed by atoms with Gasteiger partial charge in [-0.3, -0.25) is 13.6 Å². The van der Waals surface area contributed by atoms with Crippen LogP contribution in [0.5, 0.6) is 0 Å². The van der Waals surface area contributed by atoms with Crippen molar-refractivity contribution in [2.45, 2.75) is 37.7 Å². The summed E-state index contributed by atoms with van der Waals surface area (Å²) < 4.78 is 36.8. The first kappa shape index (κ1) is 23.2. The number of nitrogens with one attached hydrogen (secondary N) is 1. The average molecular weight is 509 g/mol. The van der Waals surface area contributed by atoms with Gasteiger partial charge in [0, 0.05) is 6.54 Å². The Morgan fingerprint density at radius 1 is 1.06 bits per heavy atom. The first-order valence-corrected chi connectivity index (χ1v) is 13.0. The van der Waals surface area contributed by atoms with Gasteiger partial charge in [0.15, 0.2) is 23.2 Å². The molecule has 12 heteroatoms. The van der Waals surface area contributed by atoms with Gasteiger partial charge in [-0.25, -0.2) is 19.5 Å². The van der Waals surface area contributed by atoms with Crippen LogP contribution in [0, 0.1) is 0 Å². The molecule has 2 aromatic heterocycles. The Morgan fingerprint density at radius 3 is 2.58 bits per heavy atom. The van der Waals surface area contributed by atoms with E-state index < -0.39 is 32.4 Å². The monoisotopic (exact) mass is 509 g/mol. The number of imidazole rings is 1. The first-order valence-electron chi connectivity index (χ1n) is 11.5. The van der Waals surface area contributed by atoms with Crippen LogP contribution in [0.1, 0.15) is 17.4 Å². The summed E-state index contributed by atoms with van der Waals surface area (Å²) in [6.45, 7) is 0.745. The van der Waals surface area contributed by atoms with E-state index in [1.165, 1.54) is 6.33 Å². The van der Waals surface area contributed by atoms with E-state index in [4.69, 9.17) is 18.5 Å². The predicted octanol–water partition coefficient (Wildman–Crippen LogP) is 3.44. The van der Waals surface area contributed by atoms with E-state index in [2.05, 4.69) is 20.3 Å². The molecule has 2 aliphatic heterocycles. The largest absolute Gasteiger partial charge is 0.472 e. The highest BCUT2D eigenvalue weighted by Gasteiger charge is 2.54. The molecule has 5 atom stereocenters. The zero-order chi connectivity index (χ0) is 24.5. The van der Waals surface area contributed by atoms with Gasteiger partial charge in [0.2, 0.25) is 0 Å². The summed E-state index contributed by atoms with van der Waals surface area (Å²) in [4.78, 5) is 23.3. The molecule has 6 rings (SSSR count). The number of benzene rings is 2. The number of rotatable bonds is 7. The number of fused-ring (bicyclic) bond motifs is 2. The van der Waals surface area contributed by atoms with Crippen LogP contribution < -0.4 is 5.32 Å². The van der Waals surface area contributed by atoms with Gasteiger partial charge in [-0.1, -0.05) is 60.7 Å². The molecule has 4 heterocycles. The van der Waals surface area contributed by atoms with Crippen molar-refractivity contribution in [2.24, 2.45) is 0 Å². The normalized spacial score (nSPS) is 27.7. The lowest BCUT2D eigenvalue weighted by molar-refractivity contribution is -0.0713. The van der Waals surface area contributed by atoms with Gasteiger partial charge in [0.1, 0.15) is 24.6 Å². The van der Waals surface area contributed by atoms with Gasteiger partial charge in [0.25, 0.3) is 0 Å². The van der Waals surface area contributed by atoms with Crippen molar-refractivity contribution < 1.29 is 28.0 Å². The fraction of sp³-hybridized carbons (Fsp3) is 0.292. The van der Waals surface area contributed by atoms with E-state index in [1.54, 1.807) is 10.9 Å².